The number of H-pyrrole nitrogens is 1. The van der Waals surface area contributed by atoms with Crippen LogP contribution in [0.1, 0.15) is 41.8 Å². The summed E-state index contributed by atoms with van der Waals surface area (Å²) in [5.41, 5.74) is 2.19. The van der Waals surface area contributed by atoms with Crippen LogP contribution in [-0.4, -0.2) is 25.9 Å². The third kappa shape index (κ3) is 2.58. The van der Waals surface area contributed by atoms with Crippen LogP contribution in [0.5, 0.6) is 0 Å². The van der Waals surface area contributed by atoms with E-state index < -0.39 is 11.3 Å². The molecule has 2 N–H and O–H groups in total. The van der Waals surface area contributed by atoms with Crippen molar-refractivity contribution in [1.29, 1.82) is 0 Å². The van der Waals surface area contributed by atoms with Crippen LogP contribution < -0.4 is 10.7 Å². The lowest BCUT2D eigenvalue weighted by atomic mass is 10.2. The van der Waals surface area contributed by atoms with Gasteiger partial charge in [-0.2, -0.15) is 10.2 Å². The molecule has 2 aromatic heterocycles. The number of carbonyl (C=O) groups excluding carboxylic acids is 1. The van der Waals surface area contributed by atoms with Crippen LogP contribution in [0.3, 0.4) is 0 Å². The van der Waals surface area contributed by atoms with Gasteiger partial charge in [0.15, 0.2) is 5.69 Å². The minimum absolute atomic E-state index is 0.162. The summed E-state index contributed by atoms with van der Waals surface area (Å²) in [7, 11) is 0. The van der Waals surface area contributed by atoms with Gasteiger partial charge in [-0.25, -0.2) is 0 Å². The summed E-state index contributed by atoms with van der Waals surface area (Å²) < 4.78 is 1.84. The lowest BCUT2D eigenvalue weighted by molar-refractivity contribution is 0.102. The topological polar surface area (TPSA) is 92.7 Å². The number of aryl methyl sites for hydroxylation is 1. The summed E-state index contributed by atoms with van der Waals surface area (Å²) >= 11 is 0. The average molecular weight is 325 g/mol. The second-order valence-corrected chi connectivity index (χ2v) is 5.99. The van der Waals surface area contributed by atoms with E-state index in [0.29, 0.717) is 22.3 Å². The molecule has 1 amide bonds. The number of nitrogens with one attached hydrogen (secondary N) is 2. The van der Waals surface area contributed by atoms with Crippen molar-refractivity contribution in [1.82, 2.24) is 20.0 Å². The molecular formula is C17H19N5O2. The number of rotatable bonds is 3. The molecule has 0 fully saturated rings. The number of nitrogens with zero attached hydrogens (tertiary/aromatic N) is 3. The Kier molecular flexibility index (Phi) is 3.92. The first-order chi connectivity index (χ1) is 11.4. The second-order valence-electron chi connectivity index (χ2n) is 5.99. The molecule has 0 saturated carbocycles. The second kappa shape index (κ2) is 5.92. The third-order valence-corrected chi connectivity index (χ3v) is 3.94. The smallest absolute Gasteiger partial charge is 0.280 e. The standard InChI is InChI=1S/C17H19N5O2/c1-9(2)22-11(4)14(10(3)21-22)18-17(24)15-16(23)12-7-5-6-8-13(12)19-20-15/h5-9H,1-4H3,(H,18,24)(H,19,23). The zero-order valence-electron chi connectivity index (χ0n) is 14.0. The normalized spacial score (nSPS) is 11.2. The van der Waals surface area contributed by atoms with E-state index in [2.05, 4.69) is 20.6 Å². The first-order valence-electron chi connectivity index (χ1n) is 7.74. The van der Waals surface area contributed by atoms with Crippen molar-refractivity contribution in [3.8, 4) is 0 Å². The number of amides is 1. The predicted molar refractivity (Wildman–Crippen MR) is 92.4 cm³/mol. The van der Waals surface area contributed by atoms with E-state index in [1.807, 2.05) is 32.4 Å². The van der Waals surface area contributed by atoms with Gasteiger partial charge in [0.05, 0.1) is 22.6 Å². The molecule has 0 atom stereocenters. The minimum Gasteiger partial charge on any atom is -0.317 e. The zero-order chi connectivity index (χ0) is 17.4. The van der Waals surface area contributed by atoms with Gasteiger partial charge in [0, 0.05) is 11.4 Å². The van der Waals surface area contributed by atoms with Crippen molar-refractivity contribution in [2.24, 2.45) is 0 Å². The molecule has 0 aliphatic carbocycles. The lowest BCUT2D eigenvalue weighted by Crippen LogP contribution is -2.24. The molecule has 7 nitrogen and oxygen atoms in total. The van der Waals surface area contributed by atoms with Crippen LogP contribution in [0, 0.1) is 13.8 Å². The highest BCUT2D eigenvalue weighted by Crippen LogP contribution is 2.22. The molecule has 124 valence electrons. The summed E-state index contributed by atoms with van der Waals surface area (Å²) in [4.78, 5) is 25.0. The molecule has 0 spiro atoms. The predicted octanol–water partition coefficient (Wildman–Crippen LogP) is 2.57. The van der Waals surface area contributed by atoms with Gasteiger partial charge in [-0.1, -0.05) is 12.1 Å². The summed E-state index contributed by atoms with van der Waals surface area (Å²) in [6.45, 7) is 7.73. The Bertz CT molecular complexity index is 984. The maximum atomic E-state index is 12.5. The largest absolute Gasteiger partial charge is 0.317 e. The van der Waals surface area contributed by atoms with Gasteiger partial charge in [-0.15, -0.1) is 0 Å². The number of anilines is 1. The molecular weight excluding hydrogens is 306 g/mol. The van der Waals surface area contributed by atoms with E-state index in [4.69, 9.17) is 0 Å². The van der Waals surface area contributed by atoms with Crippen molar-refractivity contribution in [2.45, 2.75) is 33.7 Å². The fourth-order valence-electron chi connectivity index (χ4n) is 2.75. The summed E-state index contributed by atoms with van der Waals surface area (Å²) in [6, 6.07) is 7.13. The molecule has 0 saturated heterocycles. The summed E-state index contributed by atoms with van der Waals surface area (Å²) in [5, 5.41) is 14.3. The number of carbonyl (C=O) groups is 1. The number of benzene rings is 1. The molecule has 3 rings (SSSR count). The highest BCUT2D eigenvalue weighted by atomic mass is 16.2. The number of aromatic nitrogens is 4. The number of hydrogen-bond donors (Lipinski definition) is 2. The molecule has 0 radical (unpaired) electrons. The zero-order valence-corrected chi connectivity index (χ0v) is 14.0. The molecule has 0 aliphatic heterocycles. The summed E-state index contributed by atoms with van der Waals surface area (Å²) in [5.74, 6) is -0.545. The van der Waals surface area contributed by atoms with Gasteiger partial charge < -0.3 is 5.32 Å². The molecule has 7 heteroatoms. The van der Waals surface area contributed by atoms with Crippen LogP contribution in [0.15, 0.2) is 29.1 Å². The fraction of sp³-hybridized carbons (Fsp3) is 0.294. The number of aromatic amines is 1. The highest BCUT2D eigenvalue weighted by Gasteiger charge is 2.20. The monoisotopic (exact) mass is 325 g/mol. The average Bonchev–Trinajstić information content (AvgIpc) is 2.83. The minimum atomic E-state index is -0.545. The third-order valence-electron chi connectivity index (χ3n) is 3.94. The van der Waals surface area contributed by atoms with Gasteiger partial charge in [0.1, 0.15) is 0 Å². The molecule has 24 heavy (non-hydrogen) atoms. The maximum absolute atomic E-state index is 12.5. The number of hydrogen-bond acceptors (Lipinski definition) is 4. The van der Waals surface area contributed by atoms with Crippen LogP contribution in [-0.2, 0) is 0 Å². The summed E-state index contributed by atoms with van der Waals surface area (Å²) in [6.07, 6.45) is 0. The molecule has 3 aromatic rings. The van der Waals surface area contributed by atoms with Crippen LogP contribution in [0.4, 0.5) is 5.69 Å². The van der Waals surface area contributed by atoms with Crippen LogP contribution in [0.25, 0.3) is 10.9 Å². The SMILES string of the molecule is Cc1nn(C(C)C)c(C)c1NC(=O)c1n[nH]c2ccccc2c1=O. The first-order valence-corrected chi connectivity index (χ1v) is 7.74. The van der Waals surface area contributed by atoms with Gasteiger partial charge in [-0.3, -0.25) is 19.4 Å². The van der Waals surface area contributed by atoms with E-state index in [1.54, 1.807) is 24.3 Å². The molecule has 0 bridgehead atoms. The first kappa shape index (κ1) is 15.9. The molecule has 0 unspecified atom stereocenters. The highest BCUT2D eigenvalue weighted by molar-refractivity contribution is 6.04. The number of fused-ring (bicyclic) bond motifs is 1. The van der Waals surface area contributed by atoms with E-state index in [0.717, 1.165) is 5.69 Å². The van der Waals surface area contributed by atoms with E-state index in [1.165, 1.54) is 0 Å². The molecule has 0 aliphatic rings. The van der Waals surface area contributed by atoms with Crippen LogP contribution in [0.2, 0.25) is 0 Å². The molecule has 2 heterocycles. The lowest BCUT2D eigenvalue weighted by Gasteiger charge is -2.09. The fourth-order valence-corrected chi connectivity index (χ4v) is 2.75. The van der Waals surface area contributed by atoms with E-state index >= 15 is 0 Å². The maximum Gasteiger partial charge on any atom is 0.280 e. The van der Waals surface area contributed by atoms with Crippen molar-refractivity contribution in [2.75, 3.05) is 5.32 Å². The van der Waals surface area contributed by atoms with E-state index in [-0.39, 0.29) is 11.7 Å². The Morgan fingerprint density at radius 3 is 2.62 bits per heavy atom. The van der Waals surface area contributed by atoms with Gasteiger partial charge in [-0.05, 0) is 39.8 Å². The van der Waals surface area contributed by atoms with Crippen molar-refractivity contribution >= 4 is 22.5 Å². The number of para-hydroxylation sites is 1. The Labute approximate surface area is 138 Å². The Morgan fingerprint density at radius 2 is 1.96 bits per heavy atom. The van der Waals surface area contributed by atoms with Gasteiger partial charge in [0.2, 0.25) is 5.43 Å². The Hall–Kier alpha value is -2.96. The quantitative estimate of drug-likeness (QED) is 0.774. The molecule has 1 aromatic carbocycles. The Morgan fingerprint density at radius 1 is 1.25 bits per heavy atom. The van der Waals surface area contributed by atoms with Gasteiger partial charge in [0.25, 0.3) is 5.91 Å². The van der Waals surface area contributed by atoms with Crippen molar-refractivity contribution in [3.05, 3.63) is 51.6 Å². The Balaban J connectivity index is 2.00. The van der Waals surface area contributed by atoms with Crippen LogP contribution >= 0.6 is 0 Å². The van der Waals surface area contributed by atoms with Crippen molar-refractivity contribution < 1.29 is 4.79 Å². The van der Waals surface area contributed by atoms with Crippen molar-refractivity contribution in [3.63, 3.8) is 0 Å². The van der Waals surface area contributed by atoms with E-state index in [9.17, 15) is 9.59 Å². The van der Waals surface area contributed by atoms with Gasteiger partial charge >= 0.3 is 0 Å².